The van der Waals surface area contributed by atoms with Crippen LogP contribution in [0.3, 0.4) is 0 Å². The van der Waals surface area contributed by atoms with Crippen molar-refractivity contribution in [3.63, 3.8) is 0 Å². The molecule has 1 saturated heterocycles. The summed E-state index contributed by atoms with van der Waals surface area (Å²) in [6.45, 7) is 6.97. The number of likely N-dealkylation sites (tertiary alicyclic amines) is 1. The van der Waals surface area contributed by atoms with Crippen LogP contribution >= 0.6 is 11.3 Å². The molecular weight excluding hydrogens is 394 g/mol. The van der Waals surface area contributed by atoms with Crippen molar-refractivity contribution in [1.82, 2.24) is 14.5 Å². The van der Waals surface area contributed by atoms with Gasteiger partial charge in [-0.25, -0.2) is 4.98 Å². The smallest absolute Gasteiger partial charge is 0.263 e. The van der Waals surface area contributed by atoms with E-state index in [-0.39, 0.29) is 11.6 Å². The van der Waals surface area contributed by atoms with Crippen molar-refractivity contribution in [2.45, 2.75) is 45.1 Å². The molecule has 3 aromatic rings. The number of hydrogen-bond donors (Lipinski definition) is 0. The molecule has 3 heterocycles. The zero-order chi connectivity index (χ0) is 21.3. The highest BCUT2D eigenvalue weighted by Gasteiger charge is 2.25. The summed E-state index contributed by atoms with van der Waals surface area (Å²) in [5.74, 6) is 1.34. The predicted molar refractivity (Wildman–Crippen MR) is 125 cm³/mol. The van der Waals surface area contributed by atoms with Gasteiger partial charge in [0.25, 0.3) is 5.56 Å². The quantitative estimate of drug-likeness (QED) is 0.574. The van der Waals surface area contributed by atoms with Crippen molar-refractivity contribution in [3.05, 3.63) is 51.4 Å². The Balaban J connectivity index is 1.83. The highest BCUT2D eigenvalue weighted by molar-refractivity contribution is 7.17. The molecule has 0 unspecified atom stereocenters. The molecule has 4 rings (SSSR count). The van der Waals surface area contributed by atoms with Gasteiger partial charge in [-0.05, 0) is 50.0 Å². The lowest BCUT2D eigenvalue weighted by molar-refractivity contribution is 0.191. The number of ether oxygens (including phenoxy) is 1. The number of nitrogens with zero attached hydrogens (tertiary/aromatic N) is 3. The van der Waals surface area contributed by atoms with Crippen LogP contribution in [0.5, 0.6) is 0 Å². The average Bonchev–Trinajstić information content (AvgIpc) is 3.17. The number of rotatable bonds is 6. The zero-order valence-electron chi connectivity index (χ0n) is 18.4. The Morgan fingerprint density at radius 1 is 1.20 bits per heavy atom. The summed E-state index contributed by atoms with van der Waals surface area (Å²) in [5.41, 5.74) is 3.50. The molecule has 1 aliphatic heterocycles. The minimum atomic E-state index is 0.102. The van der Waals surface area contributed by atoms with Crippen LogP contribution in [0, 0.1) is 0 Å². The van der Waals surface area contributed by atoms with E-state index in [0.717, 1.165) is 53.1 Å². The molecule has 5 nitrogen and oxygen atoms in total. The molecule has 0 aliphatic carbocycles. The van der Waals surface area contributed by atoms with Gasteiger partial charge >= 0.3 is 0 Å². The van der Waals surface area contributed by atoms with Gasteiger partial charge in [-0.2, -0.15) is 0 Å². The van der Waals surface area contributed by atoms with E-state index in [1.54, 1.807) is 18.4 Å². The summed E-state index contributed by atoms with van der Waals surface area (Å²) in [5, 5.41) is 2.85. The van der Waals surface area contributed by atoms with Crippen LogP contribution in [-0.2, 0) is 11.2 Å². The van der Waals surface area contributed by atoms with Crippen molar-refractivity contribution >= 4 is 21.6 Å². The first-order valence-electron chi connectivity index (χ1n) is 10.8. The van der Waals surface area contributed by atoms with Crippen LogP contribution in [0.4, 0.5) is 0 Å². The standard InChI is InChI=1S/C24H31N3O2S/c1-16(2)17-5-7-18(8-6-17)20-15-30-23-22(20)24(28)27(21(25-23)11-14-29-4)19-9-12-26(3)13-10-19/h5-8,15-16,19H,9-14H2,1-4H3. The summed E-state index contributed by atoms with van der Waals surface area (Å²) < 4.78 is 7.28. The Hall–Kier alpha value is -2.02. The maximum Gasteiger partial charge on any atom is 0.263 e. The maximum atomic E-state index is 13.8. The van der Waals surface area contributed by atoms with Gasteiger partial charge in [0.1, 0.15) is 10.7 Å². The Morgan fingerprint density at radius 3 is 2.53 bits per heavy atom. The molecule has 0 amide bonds. The molecule has 0 radical (unpaired) electrons. The fraction of sp³-hybridized carbons (Fsp3) is 0.500. The number of piperidine rings is 1. The number of methoxy groups -OCH3 is 1. The van der Waals surface area contributed by atoms with Gasteiger partial charge in [0.2, 0.25) is 0 Å². The monoisotopic (exact) mass is 425 g/mol. The largest absolute Gasteiger partial charge is 0.384 e. The normalized spacial score (nSPS) is 16.0. The fourth-order valence-corrected chi connectivity index (χ4v) is 5.26. The molecule has 1 aliphatic rings. The van der Waals surface area contributed by atoms with Gasteiger partial charge in [-0.3, -0.25) is 9.36 Å². The van der Waals surface area contributed by atoms with Gasteiger partial charge < -0.3 is 9.64 Å². The topological polar surface area (TPSA) is 47.4 Å². The third-order valence-corrected chi connectivity index (χ3v) is 7.06. The van der Waals surface area contributed by atoms with Gasteiger partial charge in [0, 0.05) is 30.5 Å². The molecule has 30 heavy (non-hydrogen) atoms. The molecule has 0 bridgehead atoms. The van der Waals surface area contributed by atoms with Crippen molar-refractivity contribution in [2.75, 3.05) is 33.9 Å². The summed E-state index contributed by atoms with van der Waals surface area (Å²) >= 11 is 1.56. The Morgan fingerprint density at radius 2 is 1.90 bits per heavy atom. The van der Waals surface area contributed by atoms with E-state index < -0.39 is 0 Å². The van der Waals surface area contributed by atoms with Crippen molar-refractivity contribution in [3.8, 4) is 11.1 Å². The second kappa shape index (κ2) is 9.00. The van der Waals surface area contributed by atoms with Crippen LogP contribution in [0.2, 0.25) is 0 Å². The molecule has 0 spiro atoms. The highest BCUT2D eigenvalue weighted by Crippen LogP contribution is 2.33. The van der Waals surface area contributed by atoms with E-state index in [2.05, 4.69) is 55.4 Å². The molecular formula is C24H31N3O2S. The van der Waals surface area contributed by atoms with Gasteiger partial charge in [0.05, 0.1) is 12.0 Å². The predicted octanol–water partition coefficient (Wildman–Crippen LogP) is 4.70. The van der Waals surface area contributed by atoms with Crippen molar-refractivity contribution < 1.29 is 4.74 Å². The van der Waals surface area contributed by atoms with E-state index >= 15 is 0 Å². The third kappa shape index (κ3) is 4.09. The zero-order valence-corrected chi connectivity index (χ0v) is 19.2. The molecule has 0 saturated carbocycles. The van der Waals surface area contributed by atoms with Gasteiger partial charge in [-0.1, -0.05) is 38.1 Å². The number of benzene rings is 1. The van der Waals surface area contributed by atoms with Gasteiger partial charge in [0.15, 0.2) is 0 Å². The van der Waals surface area contributed by atoms with Crippen LogP contribution in [0.1, 0.15) is 50.0 Å². The molecule has 1 aromatic carbocycles. The first-order chi connectivity index (χ1) is 14.5. The number of fused-ring (bicyclic) bond motifs is 1. The number of thiophene rings is 1. The molecule has 6 heteroatoms. The van der Waals surface area contributed by atoms with Crippen LogP contribution in [0.25, 0.3) is 21.3 Å². The van der Waals surface area contributed by atoms with E-state index in [9.17, 15) is 4.79 Å². The lowest BCUT2D eigenvalue weighted by Gasteiger charge is -2.31. The summed E-state index contributed by atoms with van der Waals surface area (Å²) in [7, 11) is 3.84. The molecule has 0 N–H and O–H groups in total. The van der Waals surface area contributed by atoms with Crippen LogP contribution in [-0.4, -0.2) is 48.3 Å². The molecule has 0 atom stereocenters. The van der Waals surface area contributed by atoms with E-state index in [1.165, 1.54) is 5.56 Å². The minimum absolute atomic E-state index is 0.102. The minimum Gasteiger partial charge on any atom is -0.384 e. The highest BCUT2D eigenvalue weighted by atomic mass is 32.1. The molecule has 160 valence electrons. The van der Waals surface area contributed by atoms with E-state index in [0.29, 0.717) is 18.9 Å². The fourth-order valence-electron chi connectivity index (χ4n) is 4.30. The summed E-state index contributed by atoms with van der Waals surface area (Å²) in [6.07, 6.45) is 2.61. The lowest BCUT2D eigenvalue weighted by atomic mass is 9.99. The SMILES string of the molecule is COCCc1nc2scc(-c3ccc(C(C)C)cc3)c2c(=O)n1C1CCN(C)CC1. The first kappa shape index (κ1) is 21.2. The molecule has 2 aromatic heterocycles. The Kier molecular flexibility index (Phi) is 6.37. The Bertz CT molecular complexity index is 1060. The Labute approximate surface area is 182 Å². The van der Waals surface area contributed by atoms with E-state index in [1.807, 2.05) is 4.57 Å². The molecule has 1 fully saturated rings. The van der Waals surface area contributed by atoms with Crippen LogP contribution < -0.4 is 5.56 Å². The van der Waals surface area contributed by atoms with Crippen molar-refractivity contribution in [1.29, 1.82) is 0 Å². The first-order valence-corrected chi connectivity index (χ1v) is 11.7. The maximum absolute atomic E-state index is 13.8. The van der Waals surface area contributed by atoms with Gasteiger partial charge in [-0.15, -0.1) is 11.3 Å². The third-order valence-electron chi connectivity index (χ3n) is 6.18. The lowest BCUT2D eigenvalue weighted by Crippen LogP contribution is -2.37. The summed E-state index contributed by atoms with van der Waals surface area (Å²) in [6, 6.07) is 8.80. The number of aromatic nitrogens is 2. The number of hydrogen-bond acceptors (Lipinski definition) is 5. The van der Waals surface area contributed by atoms with E-state index in [4.69, 9.17) is 9.72 Å². The van der Waals surface area contributed by atoms with Crippen LogP contribution in [0.15, 0.2) is 34.4 Å². The second-order valence-electron chi connectivity index (χ2n) is 8.59. The van der Waals surface area contributed by atoms with Crippen molar-refractivity contribution in [2.24, 2.45) is 0 Å². The summed E-state index contributed by atoms with van der Waals surface area (Å²) in [4.78, 5) is 21.9. The average molecular weight is 426 g/mol. The second-order valence-corrected chi connectivity index (χ2v) is 9.44.